The third kappa shape index (κ3) is 5.39. The maximum Gasteiger partial charge on any atom is 0.269 e. The number of carbonyl (C=O) groups is 3. The van der Waals surface area contributed by atoms with E-state index in [9.17, 15) is 18.8 Å². The summed E-state index contributed by atoms with van der Waals surface area (Å²) in [6.45, 7) is 7.64. The second-order valence-corrected chi connectivity index (χ2v) is 7.45. The Hall–Kier alpha value is -3.22. The predicted molar refractivity (Wildman–Crippen MR) is 104 cm³/mol. The van der Waals surface area contributed by atoms with Gasteiger partial charge in [0.15, 0.2) is 0 Å². The molecule has 7 heteroatoms. The minimum atomic E-state index is -0.976. The van der Waals surface area contributed by atoms with Crippen LogP contribution in [0.2, 0.25) is 0 Å². The lowest BCUT2D eigenvalue weighted by molar-refractivity contribution is -0.123. The van der Waals surface area contributed by atoms with Crippen molar-refractivity contribution in [3.8, 4) is 0 Å². The average molecular weight is 385 g/mol. The Kier molecular flexibility index (Phi) is 6.51. The van der Waals surface area contributed by atoms with Crippen molar-refractivity contribution in [2.45, 2.75) is 39.2 Å². The summed E-state index contributed by atoms with van der Waals surface area (Å²) in [6.07, 6.45) is 0. The van der Waals surface area contributed by atoms with E-state index in [0.29, 0.717) is 5.56 Å². The van der Waals surface area contributed by atoms with Crippen LogP contribution in [0, 0.1) is 5.82 Å². The van der Waals surface area contributed by atoms with Gasteiger partial charge in [-0.1, -0.05) is 45.0 Å². The molecule has 0 aliphatic rings. The van der Waals surface area contributed by atoms with Crippen LogP contribution in [-0.2, 0) is 10.2 Å². The highest BCUT2D eigenvalue weighted by molar-refractivity contribution is 5.99. The largest absolute Gasteiger partial charge is 0.340 e. The average Bonchev–Trinajstić information content (AvgIpc) is 2.65. The minimum Gasteiger partial charge on any atom is -0.340 e. The van der Waals surface area contributed by atoms with E-state index in [1.807, 2.05) is 12.1 Å². The van der Waals surface area contributed by atoms with Crippen molar-refractivity contribution in [3.05, 3.63) is 71.0 Å². The number of halogens is 1. The summed E-state index contributed by atoms with van der Waals surface area (Å²) in [5.74, 6) is -2.52. The number of amides is 3. The molecule has 0 heterocycles. The maximum absolute atomic E-state index is 13.6. The molecule has 3 amide bonds. The Morgan fingerprint density at radius 1 is 0.893 bits per heavy atom. The van der Waals surface area contributed by atoms with E-state index in [2.05, 4.69) is 36.9 Å². The van der Waals surface area contributed by atoms with Crippen molar-refractivity contribution in [2.75, 3.05) is 0 Å². The summed E-state index contributed by atoms with van der Waals surface area (Å²) in [6, 6.07) is 11.5. The highest BCUT2D eigenvalue weighted by Gasteiger charge is 2.19. The van der Waals surface area contributed by atoms with Crippen LogP contribution in [0.25, 0.3) is 0 Å². The SMILES string of the molecule is C[C@H](NC(=O)c1ccccc1F)C(=O)NNC(=O)c1ccc(C(C)(C)C)cc1. The highest BCUT2D eigenvalue weighted by atomic mass is 19.1. The van der Waals surface area contributed by atoms with E-state index >= 15 is 0 Å². The Labute approximate surface area is 163 Å². The third-order valence-electron chi connectivity index (χ3n) is 4.17. The van der Waals surface area contributed by atoms with E-state index in [0.717, 1.165) is 11.6 Å². The van der Waals surface area contributed by atoms with Crippen LogP contribution >= 0.6 is 0 Å². The quantitative estimate of drug-likeness (QED) is 0.707. The van der Waals surface area contributed by atoms with Gasteiger partial charge in [0.05, 0.1) is 5.56 Å². The fraction of sp³-hybridized carbons (Fsp3) is 0.286. The molecule has 0 aliphatic heterocycles. The van der Waals surface area contributed by atoms with Crippen LogP contribution in [0.4, 0.5) is 4.39 Å². The first-order valence-electron chi connectivity index (χ1n) is 8.85. The fourth-order valence-electron chi connectivity index (χ4n) is 2.41. The molecule has 2 aromatic rings. The zero-order valence-corrected chi connectivity index (χ0v) is 16.3. The normalized spacial score (nSPS) is 12.0. The van der Waals surface area contributed by atoms with Gasteiger partial charge in [0, 0.05) is 5.56 Å². The molecule has 2 aromatic carbocycles. The second kappa shape index (κ2) is 8.65. The van der Waals surface area contributed by atoms with Gasteiger partial charge < -0.3 is 5.32 Å². The predicted octanol–water partition coefficient (Wildman–Crippen LogP) is 2.70. The van der Waals surface area contributed by atoms with Gasteiger partial charge in [-0.05, 0) is 42.2 Å². The van der Waals surface area contributed by atoms with Crippen molar-refractivity contribution in [1.29, 1.82) is 0 Å². The van der Waals surface area contributed by atoms with Gasteiger partial charge in [-0.15, -0.1) is 0 Å². The van der Waals surface area contributed by atoms with Crippen LogP contribution in [-0.4, -0.2) is 23.8 Å². The van der Waals surface area contributed by atoms with Crippen molar-refractivity contribution >= 4 is 17.7 Å². The van der Waals surface area contributed by atoms with Crippen molar-refractivity contribution in [1.82, 2.24) is 16.2 Å². The van der Waals surface area contributed by atoms with Crippen molar-refractivity contribution in [2.24, 2.45) is 0 Å². The number of hydrogen-bond acceptors (Lipinski definition) is 3. The summed E-state index contributed by atoms with van der Waals surface area (Å²) in [7, 11) is 0. The lowest BCUT2D eigenvalue weighted by Gasteiger charge is -2.19. The molecule has 0 unspecified atom stereocenters. The molecule has 0 aromatic heterocycles. The van der Waals surface area contributed by atoms with Gasteiger partial charge in [-0.2, -0.15) is 0 Å². The molecule has 0 spiro atoms. The van der Waals surface area contributed by atoms with Gasteiger partial charge in [0.1, 0.15) is 11.9 Å². The molecule has 3 N–H and O–H groups in total. The minimum absolute atomic E-state index is 0.0327. The van der Waals surface area contributed by atoms with Crippen molar-refractivity contribution < 1.29 is 18.8 Å². The number of benzene rings is 2. The highest BCUT2D eigenvalue weighted by Crippen LogP contribution is 2.22. The number of nitrogens with one attached hydrogen (secondary N) is 3. The first kappa shape index (κ1) is 21.1. The first-order chi connectivity index (χ1) is 13.1. The maximum atomic E-state index is 13.6. The molecule has 0 saturated heterocycles. The first-order valence-corrected chi connectivity index (χ1v) is 8.85. The topological polar surface area (TPSA) is 87.3 Å². The molecule has 0 saturated carbocycles. The summed E-state index contributed by atoms with van der Waals surface area (Å²) in [5.41, 5.74) is 5.82. The molecule has 148 valence electrons. The van der Waals surface area contributed by atoms with Gasteiger partial charge in [0.2, 0.25) is 0 Å². The van der Waals surface area contributed by atoms with Crippen LogP contribution in [0.3, 0.4) is 0 Å². The molecule has 0 bridgehead atoms. The van der Waals surface area contributed by atoms with E-state index < -0.39 is 29.6 Å². The van der Waals surface area contributed by atoms with E-state index in [-0.39, 0.29) is 11.0 Å². The molecular weight excluding hydrogens is 361 g/mol. The molecule has 2 rings (SSSR count). The summed E-state index contributed by atoms with van der Waals surface area (Å²) in [5, 5.41) is 2.38. The van der Waals surface area contributed by atoms with Crippen LogP contribution in [0.5, 0.6) is 0 Å². The van der Waals surface area contributed by atoms with Crippen molar-refractivity contribution in [3.63, 3.8) is 0 Å². The third-order valence-corrected chi connectivity index (χ3v) is 4.17. The fourth-order valence-corrected chi connectivity index (χ4v) is 2.41. The van der Waals surface area contributed by atoms with Crippen LogP contribution in [0.1, 0.15) is 54.0 Å². The Bertz CT molecular complexity index is 873. The second-order valence-electron chi connectivity index (χ2n) is 7.45. The van der Waals surface area contributed by atoms with Gasteiger partial charge in [-0.3, -0.25) is 25.2 Å². The zero-order valence-electron chi connectivity index (χ0n) is 16.3. The van der Waals surface area contributed by atoms with E-state index in [4.69, 9.17) is 0 Å². The number of carbonyl (C=O) groups excluding carboxylic acids is 3. The smallest absolute Gasteiger partial charge is 0.269 e. The summed E-state index contributed by atoms with van der Waals surface area (Å²) >= 11 is 0. The van der Waals surface area contributed by atoms with Gasteiger partial charge in [-0.25, -0.2) is 4.39 Å². The monoisotopic (exact) mass is 385 g/mol. The van der Waals surface area contributed by atoms with Crippen LogP contribution < -0.4 is 16.2 Å². The summed E-state index contributed by atoms with van der Waals surface area (Å²) < 4.78 is 13.6. The standard InChI is InChI=1S/C21H24FN3O3/c1-13(23-20(28)16-7-5-6-8-17(16)22)18(26)24-25-19(27)14-9-11-15(12-10-14)21(2,3)4/h5-13H,1-4H3,(H,23,28)(H,24,26)(H,25,27)/t13-/m0/s1. The van der Waals surface area contributed by atoms with Gasteiger partial charge >= 0.3 is 0 Å². The molecule has 0 fully saturated rings. The number of hydrazine groups is 1. The molecule has 0 aliphatic carbocycles. The molecule has 28 heavy (non-hydrogen) atoms. The Morgan fingerprint density at radius 3 is 2.07 bits per heavy atom. The lowest BCUT2D eigenvalue weighted by atomic mass is 9.87. The molecule has 1 atom stereocenters. The molecule has 6 nitrogen and oxygen atoms in total. The summed E-state index contributed by atoms with van der Waals surface area (Å²) in [4.78, 5) is 36.3. The number of hydrogen-bond donors (Lipinski definition) is 3. The Morgan fingerprint density at radius 2 is 1.50 bits per heavy atom. The zero-order chi connectivity index (χ0) is 20.9. The molecule has 0 radical (unpaired) electrons. The van der Waals surface area contributed by atoms with Gasteiger partial charge in [0.25, 0.3) is 17.7 Å². The molecular formula is C21H24FN3O3. The Balaban J connectivity index is 1.89. The number of rotatable bonds is 4. The van der Waals surface area contributed by atoms with E-state index in [1.54, 1.807) is 12.1 Å². The van der Waals surface area contributed by atoms with Crippen LogP contribution in [0.15, 0.2) is 48.5 Å². The lowest BCUT2D eigenvalue weighted by Crippen LogP contribution is -2.51. The van der Waals surface area contributed by atoms with E-state index in [1.165, 1.54) is 25.1 Å².